The number of hydrogen-bond donors (Lipinski definition) is 0. The molecular formula is C33H39N5O4. The molecule has 1 aliphatic heterocycles. The van der Waals surface area contributed by atoms with E-state index in [1.54, 1.807) is 47.5 Å². The fourth-order valence-corrected chi connectivity index (χ4v) is 5.77. The third kappa shape index (κ3) is 5.36. The first-order valence-electron chi connectivity index (χ1n) is 14.4. The van der Waals surface area contributed by atoms with E-state index < -0.39 is 5.41 Å². The highest BCUT2D eigenvalue weighted by molar-refractivity contribution is 6.19. The molecule has 9 heteroatoms. The Bertz CT molecular complexity index is 1730. The van der Waals surface area contributed by atoms with Gasteiger partial charge in [0.25, 0.3) is 5.56 Å². The van der Waals surface area contributed by atoms with Crippen LogP contribution in [0.5, 0.6) is 0 Å². The zero-order valence-corrected chi connectivity index (χ0v) is 25.5. The quantitative estimate of drug-likeness (QED) is 0.278. The average Bonchev–Trinajstić information content (AvgIpc) is 3.33. The monoisotopic (exact) mass is 569 g/mol. The predicted octanol–water partition coefficient (Wildman–Crippen LogP) is 4.97. The van der Waals surface area contributed by atoms with Gasteiger partial charge in [0.1, 0.15) is 16.8 Å². The number of nitrogens with zero attached hydrogens (tertiary/aromatic N) is 5. The van der Waals surface area contributed by atoms with Crippen LogP contribution < -0.4 is 15.4 Å². The Morgan fingerprint density at radius 2 is 1.69 bits per heavy atom. The van der Waals surface area contributed by atoms with Gasteiger partial charge in [0, 0.05) is 57.4 Å². The Kier molecular flexibility index (Phi) is 7.81. The molecule has 0 atom stereocenters. The number of pyridine rings is 2. The molecule has 0 aliphatic carbocycles. The zero-order valence-electron chi connectivity index (χ0n) is 25.5. The summed E-state index contributed by atoms with van der Waals surface area (Å²) in [6.07, 6.45) is 1.78. The molecule has 1 aromatic carbocycles. The highest BCUT2D eigenvalue weighted by Gasteiger charge is 2.45. The maximum atomic E-state index is 13.3. The van der Waals surface area contributed by atoms with Crippen LogP contribution in [0.2, 0.25) is 0 Å². The number of furan rings is 1. The third-order valence-electron chi connectivity index (χ3n) is 8.20. The van der Waals surface area contributed by atoms with E-state index in [9.17, 15) is 14.4 Å². The van der Waals surface area contributed by atoms with Crippen LogP contribution in [0.3, 0.4) is 0 Å². The van der Waals surface area contributed by atoms with E-state index in [0.29, 0.717) is 55.1 Å². The number of fused-ring (bicyclic) bond motifs is 2. The lowest BCUT2D eigenvalue weighted by Crippen LogP contribution is -2.47. The minimum atomic E-state index is -1.16. The van der Waals surface area contributed by atoms with Crippen molar-refractivity contribution in [1.82, 2.24) is 14.5 Å². The van der Waals surface area contributed by atoms with Crippen LogP contribution in [0, 0.1) is 26.2 Å². The van der Waals surface area contributed by atoms with Crippen LogP contribution in [0.25, 0.3) is 11.0 Å². The standard InChI is InChI=1S/C33H39N5O4/c1-8-38-27-12-10-24(18-28(27)35(7)31(40)33(5,6)32(38)41)19-36(20-25-11-9-21(2)34-23(25)4)15-16-37-14-13-29-26(30(37)39)17-22(3)42-29/h9-14,17-18H,8,15-16,19-20H2,1-7H3. The molecule has 2 amide bonds. The SMILES string of the molecule is CCN1C(=O)C(C)(C)C(=O)N(C)c2cc(CN(CCn3ccc4oc(C)cc4c3=O)Cc3ccc(C)nc3C)ccc21. The summed E-state index contributed by atoms with van der Waals surface area (Å²) in [5, 5.41) is 0.580. The highest BCUT2D eigenvalue weighted by Crippen LogP contribution is 2.39. The Hall–Kier alpha value is -4.24. The molecule has 0 N–H and O–H groups in total. The predicted molar refractivity (Wildman–Crippen MR) is 165 cm³/mol. The summed E-state index contributed by atoms with van der Waals surface area (Å²) in [5.41, 5.74) is 4.86. The molecule has 42 heavy (non-hydrogen) atoms. The molecule has 0 radical (unpaired) electrons. The van der Waals surface area contributed by atoms with Crippen LogP contribution in [0.4, 0.5) is 11.4 Å². The Labute approximate surface area is 246 Å². The van der Waals surface area contributed by atoms with Gasteiger partial charge >= 0.3 is 0 Å². The molecule has 1 aliphatic rings. The largest absolute Gasteiger partial charge is 0.461 e. The number of carbonyl (C=O) groups is 2. The van der Waals surface area contributed by atoms with Crippen LogP contribution in [0.15, 0.2) is 57.9 Å². The molecule has 0 fully saturated rings. The van der Waals surface area contributed by atoms with Gasteiger partial charge in [-0.05, 0) is 83.0 Å². The first kappa shape index (κ1) is 29.3. The average molecular weight is 570 g/mol. The van der Waals surface area contributed by atoms with Crippen molar-refractivity contribution in [3.63, 3.8) is 0 Å². The zero-order chi connectivity index (χ0) is 30.3. The van der Waals surface area contributed by atoms with Crippen LogP contribution in [0.1, 0.15) is 49.0 Å². The van der Waals surface area contributed by atoms with E-state index >= 15 is 0 Å². The summed E-state index contributed by atoms with van der Waals surface area (Å²) < 4.78 is 7.36. The second-order valence-corrected chi connectivity index (χ2v) is 11.7. The molecule has 4 aromatic rings. The van der Waals surface area contributed by atoms with Gasteiger partial charge in [-0.15, -0.1) is 0 Å². The molecule has 0 bridgehead atoms. The van der Waals surface area contributed by atoms with Crippen molar-refractivity contribution in [3.8, 4) is 0 Å². The molecule has 0 spiro atoms. The maximum absolute atomic E-state index is 13.3. The van der Waals surface area contributed by atoms with Gasteiger partial charge in [-0.25, -0.2) is 0 Å². The Balaban J connectivity index is 1.47. The van der Waals surface area contributed by atoms with E-state index in [1.807, 2.05) is 58.0 Å². The molecule has 3 aromatic heterocycles. The summed E-state index contributed by atoms with van der Waals surface area (Å²) >= 11 is 0. The molecule has 220 valence electrons. The number of rotatable bonds is 8. The van der Waals surface area contributed by atoms with Gasteiger partial charge < -0.3 is 18.8 Å². The molecule has 0 saturated carbocycles. The van der Waals surface area contributed by atoms with Gasteiger partial charge in [-0.1, -0.05) is 12.1 Å². The highest BCUT2D eigenvalue weighted by atomic mass is 16.3. The van der Waals surface area contributed by atoms with E-state index in [1.165, 1.54) is 0 Å². The molecule has 9 nitrogen and oxygen atoms in total. The van der Waals surface area contributed by atoms with Crippen molar-refractivity contribution in [3.05, 3.63) is 87.3 Å². The number of amides is 2. The summed E-state index contributed by atoms with van der Waals surface area (Å²) in [4.78, 5) is 50.0. The van der Waals surface area contributed by atoms with Crippen LogP contribution in [-0.4, -0.2) is 46.4 Å². The smallest absolute Gasteiger partial charge is 0.261 e. The van der Waals surface area contributed by atoms with Gasteiger partial charge in [0.2, 0.25) is 11.8 Å². The van der Waals surface area contributed by atoms with Gasteiger partial charge in [0.05, 0.1) is 16.8 Å². The third-order valence-corrected chi connectivity index (χ3v) is 8.20. The fraction of sp³-hybridized carbons (Fsp3) is 0.394. The minimum absolute atomic E-state index is 0.0745. The van der Waals surface area contributed by atoms with Crippen molar-refractivity contribution >= 4 is 34.2 Å². The van der Waals surface area contributed by atoms with Crippen molar-refractivity contribution in [1.29, 1.82) is 0 Å². The van der Waals surface area contributed by atoms with E-state index in [2.05, 4.69) is 16.0 Å². The second-order valence-electron chi connectivity index (χ2n) is 11.7. The number of aromatic nitrogens is 2. The fourth-order valence-electron chi connectivity index (χ4n) is 5.77. The van der Waals surface area contributed by atoms with Crippen LogP contribution >= 0.6 is 0 Å². The lowest BCUT2D eigenvalue weighted by atomic mass is 9.90. The van der Waals surface area contributed by atoms with Gasteiger partial charge in [-0.2, -0.15) is 0 Å². The number of hydrogen-bond acceptors (Lipinski definition) is 6. The summed E-state index contributed by atoms with van der Waals surface area (Å²) in [5.74, 6) is 0.277. The minimum Gasteiger partial charge on any atom is -0.461 e. The molecule has 5 rings (SSSR count). The Morgan fingerprint density at radius 3 is 2.40 bits per heavy atom. The molecular weight excluding hydrogens is 530 g/mol. The summed E-state index contributed by atoms with van der Waals surface area (Å²) in [6.45, 7) is 13.9. The van der Waals surface area contributed by atoms with Gasteiger partial charge in [-0.3, -0.25) is 24.3 Å². The number of carbonyl (C=O) groups excluding carboxylic acids is 2. The van der Waals surface area contributed by atoms with Crippen molar-refractivity contribution in [2.75, 3.05) is 29.9 Å². The van der Waals surface area contributed by atoms with Gasteiger partial charge in [0.15, 0.2) is 0 Å². The van der Waals surface area contributed by atoms with E-state index in [-0.39, 0.29) is 17.4 Å². The van der Waals surface area contributed by atoms with Crippen molar-refractivity contribution in [2.45, 2.75) is 61.2 Å². The lowest BCUT2D eigenvalue weighted by molar-refractivity contribution is -0.137. The number of anilines is 2. The number of benzene rings is 1. The lowest BCUT2D eigenvalue weighted by Gasteiger charge is -2.27. The molecule has 0 saturated heterocycles. The normalized spacial score (nSPS) is 15.0. The second kappa shape index (κ2) is 11.2. The van der Waals surface area contributed by atoms with Crippen molar-refractivity contribution in [2.24, 2.45) is 5.41 Å². The van der Waals surface area contributed by atoms with E-state index in [4.69, 9.17) is 4.42 Å². The Morgan fingerprint density at radius 1 is 0.929 bits per heavy atom. The van der Waals surface area contributed by atoms with Crippen LogP contribution in [-0.2, 0) is 29.2 Å². The maximum Gasteiger partial charge on any atom is 0.261 e. The first-order valence-corrected chi connectivity index (χ1v) is 14.4. The topological polar surface area (TPSA) is 91.9 Å². The van der Waals surface area contributed by atoms with E-state index in [0.717, 1.165) is 28.2 Å². The molecule has 4 heterocycles. The summed E-state index contributed by atoms with van der Waals surface area (Å²) in [6, 6.07) is 13.7. The summed E-state index contributed by atoms with van der Waals surface area (Å²) in [7, 11) is 1.73. The number of aryl methyl sites for hydroxylation is 3. The molecule has 0 unspecified atom stereocenters. The van der Waals surface area contributed by atoms with Crippen molar-refractivity contribution < 1.29 is 14.0 Å². The first-order chi connectivity index (χ1) is 19.9.